The van der Waals surface area contributed by atoms with Crippen molar-refractivity contribution < 1.29 is 14.4 Å². The van der Waals surface area contributed by atoms with Crippen molar-refractivity contribution >= 4 is 28.6 Å². The van der Waals surface area contributed by atoms with Gasteiger partial charge in [-0.15, -0.1) is 0 Å². The van der Waals surface area contributed by atoms with Crippen LogP contribution in [-0.2, 0) is 16.0 Å². The number of amides is 2. The van der Waals surface area contributed by atoms with Crippen LogP contribution in [0.1, 0.15) is 21.9 Å². The molecule has 0 aromatic carbocycles. The third-order valence-electron chi connectivity index (χ3n) is 4.85. The minimum Gasteiger partial charge on any atom is -0.363 e. The zero-order valence-electron chi connectivity index (χ0n) is 16.6. The van der Waals surface area contributed by atoms with E-state index >= 15 is 0 Å². The number of rotatable bonds is 7. The predicted molar refractivity (Wildman–Crippen MR) is 111 cm³/mol. The molecule has 1 atom stereocenters. The first-order valence-electron chi connectivity index (χ1n) is 9.47. The lowest BCUT2D eigenvalue weighted by molar-refractivity contribution is -0.137. The highest BCUT2D eigenvalue weighted by atomic mass is 16.2. The summed E-state index contributed by atoms with van der Waals surface area (Å²) in [6.07, 6.45) is 6.34. The molecule has 4 rings (SSSR count). The Hall–Kier alpha value is -4.34. The minimum atomic E-state index is -1.17. The van der Waals surface area contributed by atoms with Gasteiger partial charge < -0.3 is 16.0 Å². The van der Waals surface area contributed by atoms with Crippen LogP contribution < -0.4 is 11.1 Å². The molecule has 4 aromatic heterocycles. The predicted octanol–water partition coefficient (Wildman–Crippen LogP) is 0.848. The zero-order chi connectivity index (χ0) is 22.0. The highest BCUT2D eigenvalue weighted by Gasteiger charge is 2.28. The van der Waals surface area contributed by atoms with E-state index in [2.05, 4.69) is 25.3 Å². The molecule has 0 aliphatic rings. The van der Waals surface area contributed by atoms with Gasteiger partial charge in [0, 0.05) is 25.0 Å². The van der Waals surface area contributed by atoms with Crippen molar-refractivity contribution in [1.29, 1.82) is 0 Å². The molecule has 0 radical (unpaired) electrons. The van der Waals surface area contributed by atoms with E-state index in [-0.39, 0.29) is 12.1 Å². The number of fused-ring (bicyclic) bond motifs is 1. The number of pyridine rings is 2. The number of hydrogen-bond donors (Lipinski definition) is 3. The Kier molecular flexibility index (Phi) is 5.27. The number of H-pyrrole nitrogens is 1. The number of primary amides is 1. The summed E-state index contributed by atoms with van der Waals surface area (Å²) in [6.45, 7) is 1.73. The van der Waals surface area contributed by atoms with Crippen LogP contribution in [0.15, 0.2) is 55.1 Å². The standard InChI is InChI=1S/C21H19N7O3/c1-12-25-11-16(28(12)17-6-2-3-7-23-17)21(31)27-15(19(29)20(22)30)9-13-10-26-14-5-4-8-24-18(13)14/h2-8,10-11,15,26H,9H2,1H3,(H2,22,30)(H,27,31). The maximum absolute atomic E-state index is 13.1. The van der Waals surface area contributed by atoms with Gasteiger partial charge in [-0.1, -0.05) is 6.07 Å². The zero-order valence-corrected chi connectivity index (χ0v) is 16.6. The molecule has 10 nitrogen and oxygen atoms in total. The fourth-order valence-electron chi connectivity index (χ4n) is 3.38. The van der Waals surface area contributed by atoms with Gasteiger partial charge in [-0.2, -0.15) is 0 Å². The second-order valence-corrected chi connectivity index (χ2v) is 6.89. The van der Waals surface area contributed by atoms with Gasteiger partial charge in [0.1, 0.15) is 23.4 Å². The number of hydrogen-bond acceptors (Lipinski definition) is 6. The van der Waals surface area contributed by atoms with Gasteiger partial charge in [-0.25, -0.2) is 9.97 Å². The number of ketones is 1. The summed E-state index contributed by atoms with van der Waals surface area (Å²) in [4.78, 5) is 52.9. The highest BCUT2D eigenvalue weighted by Crippen LogP contribution is 2.18. The summed E-state index contributed by atoms with van der Waals surface area (Å²) in [7, 11) is 0. The van der Waals surface area contributed by atoms with Gasteiger partial charge >= 0.3 is 0 Å². The Morgan fingerprint density at radius 2 is 1.94 bits per heavy atom. The second kappa shape index (κ2) is 8.19. The van der Waals surface area contributed by atoms with E-state index in [1.807, 2.05) is 6.07 Å². The molecule has 4 N–H and O–H groups in total. The Morgan fingerprint density at radius 3 is 2.68 bits per heavy atom. The summed E-state index contributed by atoms with van der Waals surface area (Å²) in [6, 6.07) is 7.72. The van der Waals surface area contributed by atoms with Crippen molar-refractivity contribution in [1.82, 2.24) is 29.8 Å². The molecule has 4 heterocycles. The van der Waals surface area contributed by atoms with Crippen molar-refractivity contribution in [3.63, 3.8) is 0 Å². The van der Waals surface area contributed by atoms with Gasteiger partial charge in [0.2, 0.25) is 5.78 Å². The normalized spacial score (nSPS) is 11.9. The third kappa shape index (κ3) is 3.90. The molecular formula is C21H19N7O3. The molecule has 4 aromatic rings. The summed E-state index contributed by atoms with van der Waals surface area (Å²) >= 11 is 0. The largest absolute Gasteiger partial charge is 0.363 e. The number of Topliss-reactive ketones (excluding diaryl/α,β-unsaturated/α-hetero) is 1. The number of carbonyl (C=O) groups excluding carboxylic acids is 3. The van der Waals surface area contributed by atoms with Crippen LogP contribution in [0.3, 0.4) is 0 Å². The minimum absolute atomic E-state index is 0.0429. The number of nitrogens with zero attached hydrogens (tertiary/aromatic N) is 4. The molecule has 2 amide bonds. The lowest BCUT2D eigenvalue weighted by Crippen LogP contribution is -2.47. The van der Waals surface area contributed by atoms with E-state index in [9.17, 15) is 14.4 Å². The lowest BCUT2D eigenvalue weighted by Gasteiger charge is -2.17. The van der Waals surface area contributed by atoms with Crippen molar-refractivity contribution in [2.45, 2.75) is 19.4 Å². The first-order valence-corrected chi connectivity index (χ1v) is 9.47. The SMILES string of the molecule is Cc1ncc(C(=O)NC(Cc2c[nH]c3cccnc23)C(=O)C(N)=O)n1-c1ccccn1. The number of imidazole rings is 1. The van der Waals surface area contributed by atoms with E-state index in [0.717, 1.165) is 5.52 Å². The van der Waals surface area contributed by atoms with Crippen LogP contribution in [0.5, 0.6) is 0 Å². The molecule has 0 aliphatic heterocycles. The molecule has 0 aliphatic carbocycles. The Morgan fingerprint density at radius 1 is 1.13 bits per heavy atom. The monoisotopic (exact) mass is 417 g/mol. The third-order valence-corrected chi connectivity index (χ3v) is 4.85. The maximum Gasteiger partial charge on any atom is 0.287 e. The number of nitrogens with two attached hydrogens (primary N) is 1. The van der Waals surface area contributed by atoms with Crippen LogP contribution in [0.2, 0.25) is 0 Å². The van der Waals surface area contributed by atoms with E-state index in [1.165, 1.54) is 6.20 Å². The van der Waals surface area contributed by atoms with Crippen LogP contribution in [-0.4, -0.2) is 48.1 Å². The van der Waals surface area contributed by atoms with Crippen LogP contribution >= 0.6 is 0 Å². The number of nitrogens with one attached hydrogen (secondary N) is 2. The Bertz CT molecular complexity index is 1280. The van der Waals surface area contributed by atoms with E-state index in [1.54, 1.807) is 54.3 Å². The van der Waals surface area contributed by atoms with E-state index < -0.39 is 23.6 Å². The van der Waals surface area contributed by atoms with E-state index in [0.29, 0.717) is 22.7 Å². The summed E-state index contributed by atoms with van der Waals surface area (Å²) in [5, 5.41) is 2.62. The van der Waals surface area contributed by atoms with Crippen LogP contribution in [0.4, 0.5) is 0 Å². The van der Waals surface area contributed by atoms with Crippen LogP contribution in [0.25, 0.3) is 16.9 Å². The number of aromatic nitrogens is 5. The molecule has 0 bridgehead atoms. The topological polar surface area (TPSA) is 149 Å². The molecule has 1 unspecified atom stereocenters. The van der Waals surface area contributed by atoms with Crippen molar-refractivity contribution in [2.24, 2.45) is 5.73 Å². The smallest absolute Gasteiger partial charge is 0.287 e. The molecule has 0 saturated heterocycles. The summed E-state index contributed by atoms with van der Waals surface area (Å²) in [5.41, 5.74) is 7.50. The van der Waals surface area contributed by atoms with Gasteiger partial charge in [-0.05, 0) is 36.8 Å². The number of aryl methyl sites for hydroxylation is 1. The van der Waals surface area contributed by atoms with Crippen molar-refractivity contribution in [3.05, 3.63) is 72.2 Å². The van der Waals surface area contributed by atoms with Crippen molar-refractivity contribution in [2.75, 3.05) is 0 Å². The summed E-state index contributed by atoms with van der Waals surface area (Å²) in [5.74, 6) is -1.57. The van der Waals surface area contributed by atoms with Gasteiger partial charge in [-0.3, -0.25) is 23.9 Å². The highest BCUT2D eigenvalue weighted by molar-refractivity contribution is 6.38. The number of aromatic amines is 1. The Labute approximate surface area is 176 Å². The van der Waals surface area contributed by atoms with Gasteiger partial charge in [0.25, 0.3) is 11.8 Å². The maximum atomic E-state index is 13.1. The first-order chi connectivity index (χ1) is 15.0. The fourth-order valence-corrected chi connectivity index (χ4v) is 3.38. The van der Waals surface area contributed by atoms with Gasteiger partial charge in [0.15, 0.2) is 0 Å². The summed E-state index contributed by atoms with van der Waals surface area (Å²) < 4.78 is 1.56. The Balaban J connectivity index is 1.65. The van der Waals surface area contributed by atoms with Gasteiger partial charge in [0.05, 0.1) is 17.2 Å². The number of carbonyl (C=O) groups is 3. The molecule has 31 heavy (non-hydrogen) atoms. The molecule has 156 valence electrons. The molecule has 0 spiro atoms. The average molecular weight is 417 g/mol. The second-order valence-electron chi connectivity index (χ2n) is 6.89. The lowest BCUT2D eigenvalue weighted by atomic mass is 10.0. The molecular weight excluding hydrogens is 398 g/mol. The van der Waals surface area contributed by atoms with Crippen molar-refractivity contribution in [3.8, 4) is 5.82 Å². The molecule has 0 saturated carbocycles. The van der Waals surface area contributed by atoms with E-state index in [4.69, 9.17) is 5.73 Å². The van der Waals surface area contributed by atoms with Crippen LogP contribution in [0, 0.1) is 6.92 Å². The molecule has 0 fully saturated rings. The quantitative estimate of drug-likeness (QED) is 0.380. The first kappa shape index (κ1) is 20.0. The average Bonchev–Trinajstić information content (AvgIpc) is 3.37. The molecule has 10 heteroatoms. The fraction of sp³-hybridized carbons (Fsp3) is 0.143.